The molecule has 2 rings (SSSR count). The Hall–Kier alpha value is -1.36. The van der Waals surface area contributed by atoms with Gasteiger partial charge in [0, 0.05) is 6.42 Å². The van der Waals surface area contributed by atoms with Crippen molar-refractivity contribution >= 4 is 15.9 Å². The molecule has 0 saturated carbocycles. The van der Waals surface area contributed by atoms with Crippen LogP contribution in [0.1, 0.15) is 11.3 Å². The van der Waals surface area contributed by atoms with E-state index in [0.717, 1.165) is 5.56 Å². The fourth-order valence-corrected chi connectivity index (χ4v) is 1.62. The molecule has 0 aliphatic heterocycles. The van der Waals surface area contributed by atoms with E-state index >= 15 is 0 Å². The van der Waals surface area contributed by atoms with Gasteiger partial charge in [-0.1, -0.05) is 12.1 Å². The number of hydrogen-bond donors (Lipinski definition) is 0. The van der Waals surface area contributed by atoms with E-state index in [-0.39, 0.29) is 16.1 Å². The van der Waals surface area contributed by atoms with Crippen LogP contribution in [0.3, 0.4) is 0 Å². The minimum atomic E-state index is -0.480. The molecule has 2 aromatic rings. The van der Waals surface area contributed by atoms with Crippen LogP contribution in [0.4, 0.5) is 8.78 Å². The molecule has 0 N–H and O–H groups in total. The summed E-state index contributed by atoms with van der Waals surface area (Å²) in [4.78, 5) is 7.51. The Kier molecular flexibility index (Phi) is 3.24. The zero-order valence-electron chi connectivity index (χ0n) is 8.12. The summed E-state index contributed by atoms with van der Waals surface area (Å²) in [5, 5.41) is 0. The average Bonchev–Trinajstić information content (AvgIpc) is 2.28. The van der Waals surface area contributed by atoms with E-state index in [4.69, 9.17) is 0 Å². The molecule has 0 spiro atoms. The first-order valence-corrected chi connectivity index (χ1v) is 5.35. The fourth-order valence-electron chi connectivity index (χ4n) is 1.30. The molecule has 2 nitrogen and oxygen atoms in total. The fraction of sp³-hybridized carbons (Fsp3) is 0.0909. The summed E-state index contributed by atoms with van der Waals surface area (Å²) in [6.45, 7) is 0. The van der Waals surface area contributed by atoms with Gasteiger partial charge in [-0.05, 0) is 33.6 Å². The minimum absolute atomic E-state index is 0.139. The van der Waals surface area contributed by atoms with Crippen molar-refractivity contribution in [1.29, 1.82) is 0 Å². The molecule has 1 heterocycles. The van der Waals surface area contributed by atoms with Gasteiger partial charge in [0.05, 0.1) is 5.69 Å². The number of benzene rings is 1. The number of hydrogen-bond acceptors (Lipinski definition) is 2. The molecular weight excluding hydrogens is 278 g/mol. The highest BCUT2D eigenvalue weighted by Crippen LogP contribution is 2.16. The second kappa shape index (κ2) is 4.65. The Labute approximate surface area is 99.5 Å². The Morgan fingerprint density at radius 2 is 1.75 bits per heavy atom. The molecular formula is C11H7BrF2N2. The molecule has 0 aliphatic carbocycles. The van der Waals surface area contributed by atoms with E-state index in [9.17, 15) is 8.78 Å². The summed E-state index contributed by atoms with van der Waals surface area (Å²) < 4.78 is 26.3. The molecule has 5 heteroatoms. The molecule has 1 aromatic carbocycles. The smallest absolute Gasteiger partial charge is 0.177 e. The summed E-state index contributed by atoms with van der Waals surface area (Å²) >= 11 is 2.98. The molecule has 0 saturated heterocycles. The second-order valence-electron chi connectivity index (χ2n) is 3.23. The van der Waals surface area contributed by atoms with E-state index in [1.165, 1.54) is 18.5 Å². The van der Waals surface area contributed by atoms with Crippen molar-refractivity contribution in [2.24, 2.45) is 0 Å². The second-order valence-corrected chi connectivity index (χ2v) is 3.98. The van der Waals surface area contributed by atoms with Crippen LogP contribution in [0.2, 0.25) is 0 Å². The molecule has 0 amide bonds. The number of rotatable bonds is 2. The van der Waals surface area contributed by atoms with E-state index in [1.807, 2.05) is 0 Å². The van der Waals surface area contributed by atoms with Gasteiger partial charge in [0.25, 0.3) is 0 Å². The summed E-state index contributed by atoms with van der Waals surface area (Å²) in [6.07, 6.45) is 1.60. The lowest BCUT2D eigenvalue weighted by atomic mass is 10.1. The van der Waals surface area contributed by atoms with Crippen molar-refractivity contribution in [1.82, 2.24) is 9.97 Å². The Balaban J connectivity index is 2.27. The van der Waals surface area contributed by atoms with Crippen LogP contribution in [0.15, 0.2) is 35.2 Å². The van der Waals surface area contributed by atoms with Crippen LogP contribution >= 0.6 is 15.9 Å². The molecule has 1 aromatic heterocycles. The Bertz CT molecular complexity index is 500. The van der Waals surface area contributed by atoms with Crippen LogP contribution in [0, 0.1) is 11.6 Å². The third-order valence-corrected chi connectivity index (χ3v) is 2.66. The van der Waals surface area contributed by atoms with Gasteiger partial charge in [-0.3, -0.25) is 0 Å². The van der Waals surface area contributed by atoms with Crippen LogP contribution in [-0.2, 0) is 6.42 Å². The number of aromatic nitrogens is 2. The highest BCUT2D eigenvalue weighted by atomic mass is 79.9. The standard InChI is InChI=1S/C11H7BrF2N2/c12-11-10(14)9(15-6-16-11)5-7-1-3-8(13)4-2-7/h1-4,6H,5H2. The highest BCUT2D eigenvalue weighted by molar-refractivity contribution is 9.10. The van der Waals surface area contributed by atoms with Gasteiger partial charge in [0.1, 0.15) is 16.7 Å². The van der Waals surface area contributed by atoms with Crippen molar-refractivity contribution in [2.45, 2.75) is 6.42 Å². The lowest BCUT2D eigenvalue weighted by Crippen LogP contribution is -1.99. The summed E-state index contributed by atoms with van der Waals surface area (Å²) in [6, 6.07) is 5.88. The Morgan fingerprint density at radius 3 is 2.44 bits per heavy atom. The van der Waals surface area contributed by atoms with E-state index in [1.54, 1.807) is 12.1 Å². The zero-order valence-corrected chi connectivity index (χ0v) is 9.71. The Morgan fingerprint density at radius 1 is 1.06 bits per heavy atom. The molecule has 16 heavy (non-hydrogen) atoms. The summed E-state index contributed by atoms with van der Waals surface area (Å²) in [7, 11) is 0. The van der Waals surface area contributed by atoms with Crippen molar-refractivity contribution < 1.29 is 8.78 Å². The largest absolute Gasteiger partial charge is 0.238 e. The third kappa shape index (κ3) is 2.41. The summed E-state index contributed by atoms with van der Waals surface area (Å²) in [5.74, 6) is -0.792. The van der Waals surface area contributed by atoms with Gasteiger partial charge < -0.3 is 0 Å². The van der Waals surface area contributed by atoms with Gasteiger partial charge in [0.15, 0.2) is 5.82 Å². The minimum Gasteiger partial charge on any atom is -0.238 e. The SMILES string of the molecule is Fc1ccc(Cc2ncnc(Br)c2F)cc1. The normalized spacial score (nSPS) is 10.4. The van der Waals surface area contributed by atoms with Crippen molar-refractivity contribution in [3.8, 4) is 0 Å². The molecule has 0 fully saturated rings. The maximum atomic E-state index is 13.5. The third-order valence-electron chi connectivity index (χ3n) is 2.10. The lowest BCUT2D eigenvalue weighted by molar-refractivity contribution is 0.586. The van der Waals surface area contributed by atoms with E-state index < -0.39 is 5.82 Å². The maximum absolute atomic E-state index is 13.5. The first kappa shape index (κ1) is 11.1. The quantitative estimate of drug-likeness (QED) is 0.792. The predicted molar refractivity (Wildman–Crippen MR) is 58.9 cm³/mol. The number of halogens is 3. The van der Waals surface area contributed by atoms with Gasteiger partial charge in [-0.2, -0.15) is 0 Å². The van der Waals surface area contributed by atoms with Crippen LogP contribution < -0.4 is 0 Å². The molecule has 0 bridgehead atoms. The van der Waals surface area contributed by atoms with Gasteiger partial charge in [0.2, 0.25) is 0 Å². The van der Waals surface area contributed by atoms with Crippen LogP contribution in [-0.4, -0.2) is 9.97 Å². The van der Waals surface area contributed by atoms with Crippen molar-refractivity contribution in [3.05, 3.63) is 58.1 Å². The van der Waals surface area contributed by atoms with Crippen LogP contribution in [0.5, 0.6) is 0 Å². The molecule has 0 atom stereocenters. The van der Waals surface area contributed by atoms with Crippen LogP contribution in [0.25, 0.3) is 0 Å². The number of nitrogens with zero attached hydrogens (tertiary/aromatic N) is 2. The summed E-state index contributed by atoms with van der Waals surface area (Å²) in [5.41, 5.74) is 1.08. The van der Waals surface area contributed by atoms with E-state index in [2.05, 4.69) is 25.9 Å². The van der Waals surface area contributed by atoms with E-state index in [0.29, 0.717) is 6.42 Å². The lowest BCUT2D eigenvalue weighted by Gasteiger charge is -2.03. The maximum Gasteiger partial charge on any atom is 0.177 e. The molecule has 0 unspecified atom stereocenters. The van der Waals surface area contributed by atoms with Crippen molar-refractivity contribution in [2.75, 3.05) is 0 Å². The molecule has 0 aliphatic rings. The predicted octanol–water partition coefficient (Wildman–Crippen LogP) is 3.11. The van der Waals surface area contributed by atoms with Gasteiger partial charge >= 0.3 is 0 Å². The monoisotopic (exact) mass is 284 g/mol. The first-order chi connectivity index (χ1) is 7.66. The van der Waals surface area contributed by atoms with Gasteiger partial charge in [-0.25, -0.2) is 18.7 Å². The zero-order chi connectivity index (χ0) is 11.5. The van der Waals surface area contributed by atoms with Crippen molar-refractivity contribution in [3.63, 3.8) is 0 Å². The first-order valence-electron chi connectivity index (χ1n) is 4.56. The van der Waals surface area contributed by atoms with Gasteiger partial charge in [-0.15, -0.1) is 0 Å². The average molecular weight is 285 g/mol. The topological polar surface area (TPSA) is 25.8 Å². The molecule has 82 valence electrons. The highest BCUT2D eigenvalue weighted by Gasteiger charge is 2.09. The molecule has 0 radical (unpaired) electrons.